The average Bonchev–Trinajstić information content (AvgIpc) is 3.43. The molecule has 0 unspecified atom stereocenters. The van der Waals surface area contributed by atoms with Crippen LogP contribution in [0.4, 0.5) is 11.4 Å². The summed E-state index contributed by atoms with van der Waals surface area (Å²) in [4.78, 5) is 45.8. The van der Waals surface area contributed by atoms with E-state index in [9.17, 15) is 14.4 Å². The van der Waals surface area contributed by atoms with Gasteiger partial charge in [-0.3, -0.25) is 14.5 Å². The second-order valence-corrected chi connectivity index (χ2v) is 12.6. The highest BCUT2D eigenvalue weighted by Gasteiger charge is 2.32. The molecule has 10 heteroatoms. The van der Waals surface area contributed by atoms with Gasteiger partial charge in [0.25, 0.3) is 0 Å². The van der Waals surface area contributed by atoms with Crippen LogP contribution in [-0.4, -0.2) is 78.2 Å². The number of fused-ring (bicyclic) bond motifs is 1. The molecular formula is C33H43N5O5. The van der Waals surface area contributed by atoms with Crippen molar-refractivity contribution in [2.45, 2.75) is 76.7 Å². The third-order valence-corrected chi connectivity index (χ3v) is 8.32. The van der Waals surface area contributed by atoms with E-state index in [2.05, 4.69) is 15.2 Å². The van der Waals surface area contributed by atoms with Gasteiger partial charge < -0.3 is 30.4 Å². The molecular weight excluding hydrogens is 546 g/mol. The predicted octanol–water partition coefficient (Wildman–Crippen LogP) is 4.24. The molecule has 1 aliphatic heterocycles. The Morgan fingerprint density at radius 2 is 1.79 bits per heavy atom. The number of hydrogen-bond donors (Lipinski definition) is 3. The highest BCUT2D eigenvalue weighted by molar-refractivity contribution is 6.05. The predicted molar refractivity (Wildman–Crippen MR) is 167 cm³/mol. The number of carbonyl (C=O) groups excluding carboxylic acids is 3. The topological polar surface area (TPSA) is 130 Å². The normalized spacial score (nSPS) is 20.7. The molecule has 2 heterocycles. The van der Waals surface area contributed by atoms with Crippen molar-refractivity contribution in [3.63, 3.8) is 0 Å². The number of nitrogens with one attached hydrogen (secondary N) is 2. The zero-order valence-corrected chi connectivity index (χ0v) is 25.5. The van der Waals surface area contributed by atoms with E-state index >= 15 is 0 Å². The highest BCUT2D eigenvalue weighted by atomic mass is 16.6. The molecule has 5 rings (SSSR count). The summed E-state index contributed by atoms with van der Waals surface area (Å²) in [7, 11) is 1.78. The lowest BCUT2D eigenvalue weighted by Crippen LogP contribution is -2.54. The van der Waals surface area contributed by atoms with Gasteiger partial charge in [0.05, 0.1) is 24.4 Å². The molecule has 2 amide bonds. The van der Waals surface area contributed by atoms with Crippen LogP contribution >= 0.6 is 0 Å². The van der Waals surface area contributed by atoms with Crippen molar-refractivity contribution >= 4 is 40.1 Å². The number of methoxy groups -OCH3 is 1. The van der Waals surface area contributed by atoms with Crippen molar-refractivity contribution in [2.24, 2.45) is 5.73 Å². The average molecular weight is 590 g/mol. The molecule has 0 spiro atoms. The minimum absolute atomic E-state index is 0.109. The molecule has 43 heavy (non-hydrogen) atoms. The molecule has 3 aromatic rings. The van der Waals surface area contributed by atoms with E-state index in [1.54, 1.807) is 25.3 Å². The molecule has 0 radical (unpaired) electrons. The fourth-order valence-electron chi connectivity index (χ4n) is 6.01. The molecule has 230 valence electrons. The van der Waals surface area contributed by atoms with E-state index in [0.29, 0.717) is 53.9 Å². The van der Waals surface area contributed by atoms with Crippen LogP contribution in [0.3, 0.4) is 0 Å². The summed E-state index contributed by atoms with van der Waals surface area (Å²) in [5.41, 5.74) is 9.01. The third kappa shape index (κ3) is 7.44. The van der Waals surface area contributed by atoms with Gasteiger partial charge in [0.2, 0.25) is 11.8 Å². The quantitative estimate of drug-likeness (QED) is 0.335. The number of amides is 2. The number of piperazine rings is 1. The molecule has 10 nitrogen and oxygen atoms in total. The zero-order chi connectivity index (χ0) is 30.7. The molecule has 1 aliphatic carbocycles. The Balaban J connectivity index is 1.16. The number of carbonyl (C=O) groups is 3. The summed E-state index contributed by atoms with van der Waals surface area (Å²) in [6.07, 6.45) is 4.93. The lowest BCUT2D eigenvalue weighted by molar-refractivity contribution is -0.122. The van der Waals surface area contributed by atoms with Crippen molar-refractivity contribution in [2.75, 3.05) is 37.0 Å². The van der Waals surface area contributed by atoms with E-state index in [0.717, 1.165) is 43.5 Å². The number of ether oxygens (including phenoxy) is 2. The number of nitrogens with two attached hydrogens (primary N) is 1. The van der Waals surface area contributed by atoms with Crippen LogP contribution in [0.2, 0.25) is 0 Å². The Bertz CT molecular complexity index is 1450. The summed E-state index contributed by atoms with van der Waals surface area (Å²) in [6, 6.07) is 14.4. The summed E-state index contributed by atoms with van der Waals surface area (Å²) in [5, 5.41) is 3.61. The first-order valence-electron chi connectivity index (χ1n) is 15.1. The first kappa shape index (κ1) is 30.7. The van der Waals surface area contributed by atoms with Crippen LogP contribution in [0.25, 0.3) is 10.9 Å². The molecule has 2 fully saturated rings. The first-order chi connectivity index (χ1) is 20.5. The molecule has 1 aromatic heterocycles. The van der Waals surface area contributed by atoms with Crippen LogP contribution in [0.1, 0.15) is 62.5 Å². The largest absolute Gasteiger partial charge is 0.455 e. The van der Waals surface area contributed by atoms with E-state index in [1.165, 1.54) is 0 Å². The highest BCUT2D eigenvalue weighted by Crippen LogP contribution is 2.28. The fourth-order valence-corrected chi connectivity index (χ4v) is 6.01. The second-order valence-electron chi connectivity index (χ2n) is 12.6. The van der Waals surface area contributed by atoms with Gasteiger partial charge in [-0.25, -0.2) is 4.79 Å². The van der Waals surface area contributed by atoms with Gasteiger partial charge in [0.1, 0.15) is 11.3 Å². The van der Waals surface area contributed by atoms with Crippen molar-refractivity contribution in [1.29, 1.82) is 0 Å². The molecule has 2 aromatic carbocycles. The Hall–Kier alpha value is -3.73. The Labute approximate surface area is 252 Å². The number of nitrogens with zero attached hydrogens (tertiary/aromatic N) is 2. The number of esters is 1. The minimum Gasteiger partial charge on any atom is -0.455 e. The molecule has 1 atom stereocenters. The van der Waals surface area contributed by atoms with Crippen LogP contribution in [-0.2, 0) is 25.5 Å². The summed E-state index contributed by atoms with van der Waals surface area (Å²) >= 11 is 0. The van der Waals surface area contributed by atoms with E-state index in [1.807, 2.05) is 56.0 Å². The van der Waals surface area contributed by atoms with Gasteiger partial charge in [-0.05, 0) is 88.8 Å². The second kappa shape index (κ2) is 12.9. The Morgan fingerprint density at radius 3 is 2.44 bits per heavy atom. The van der Waals surface area contributed by atoms with Crippen LogP contribution < -0.4 is 16.0 Å². The maximum absolute atomic E-state index is 13.0. The summed E-state index contributed by atoms with van der Waals surface area (Å²) in [5.74, 6) is -0.685. The Morgan fingerprint density at radius 1 is 1.07 bits per heavy atom. The number of H-pyrrole nitrogens is 1. The van der Waals surface area contributed by atoms with E-state index in [-0.39, 0.29) is 11.8 Å². The SMILES string of the molecule is COC1CCC(N2CCN(c3ccc(C[C@H](N)C(=O)Nc4cccc5[nH]c(C(=O)OC(C)(C)C)cc45)cc3)C(=O)C2)CC1. The number of benzene rings is 2. The lowest BCUT2D eigenvalue weighted by Gasteiger charge is -2.41. The van der Waals surface area contributed by atoms with Crippen molar-refractivity contribution in [3.8, 4) is 0 Å². The maximum atomic E-state index is 13.0. The van der Waals surface area contributed by atoms with Crippen molar-refractivity contribution in [1.82, 2.24) is 9.88 Å². The molecule has 4 N–H and O–H groups in total. The van der Waals surface area contributed by atoms with Crippen molar-refractivity contribution < 1.29 is 23.9 Å². The minimum atomic E-state index is -0.788. The number of aromatic nitrogens is 1. The standard InChI is InChI=1S/C33H43N5O5/c1-33(2,3)43-32(41)29-19-25-27(35-29)6-5-7-28(25)36-31(40)26(34)18-21-8-10-23(11-9-21)38-17-16-37(20-30(38)39)22-12-14-24(42-4)15-13-22/h5-11,19,22,24,26,35H,12-18,20,34H2,1-4H3,(H,36,40)/t22?,24?,26-/m0/s1. The monoisotopic (exact) mass is 589 g/mol. The van der Waals surface area contributed by atoms with Crippen LogP contribution in [0.15, 0.2) is 48.5 Å². The zero-order valence-electron chi connectivity index (χ0n) is 25.5. The summed E-state index contributed by atoms with van der Waals surface area (Å²) in [6.45, 7) is 7.37. The number of rotatable bonds is 8. The van der Waals surface area contributed by atoms with Gasteiger partial charge >= 0.3 is 5.97 Å². The smallest absolute Gasteiger partial charge is 0.355 e. The maximum Gasteiger partial charge on any atom is 0.355 e. The fraction of sp³-hybridized carbons (Fsp3) is 0.485. The van der Waals surface area contributed by atoms with E-state index < -0.39 is 17.6 Å². The van der Waals surface area contributed by atoms with Gasteiger partial charge in [0, 0.05) is 42.8 Å². The van der Waals surface area contributed by atoms with Gasteiger partial charge in [0.15, 0.2) is 0 Å². The van der Waals surface area contributed by atoms with Crippen LogP contribution in [0.5, 0.6) is 0 Å². The molecule has 0 bridgehead atoms. The third-order valence-electron chi connectivity index (χ3n) is 8.32. The van der Waals surface area contributed by atoms with Gasteiger partial charge in [-0.2, -0.15) is 0 Å². The van der Waals surface area contributed by atoms with Crippen LogP contribution in [0, 0.1) is 0 Å². The Kier molecular flexibility index (Phi) is 9.19. The molecule has 2 aliphatic rings. The van der Waals surface area contributed by atoms with Gasteiger partial charge in [-0.15, -0.1) is 0 Å². The lowest BCUT2D eigenvalue weighted by atomic mass is 9.91. The molecule has 1 saturated carbocycles. The molecule has 1 saturated heterocycles. The number of anilines is 2. The summed E-state index contributed by atoms with van der Waals surface area (Å²) < 4.78 is 11.0. The number of hydrogen-bond acceptors (Lipinski definition) is 7. The van der Waals surface area contributed by atoms with Gasteiger partial charge in [-0.1, -0.05) is 18.2 Å². The van der Waals surface area contributed by atoms with E-state index in [4.69, 9.17) is 15.2 Å². The van der Waals surface area contributed by atoms with Crippen molar-refractivity contribution in [3.05, 3.63) is 59.8 Å². The number of aromatic amines is 1. The first-order valence-corrected chi connectivity index (χ1v) is 15.1.